The van der Waals surface area contributed by atoms with Gasteiger partial charge in [-0.05, 0) is 31.5 Å². The van der Waals surface area contributed by atoms with Crippen molar-refractivity contribution < 1.29 is 0 Å². The lowest BCUT2D eigenvalue weighted by Crippen LogP contribution is -2.07. The van der Waals surface area contributed by atoms with Crippen molar-refractivity contribution in [3.8, 4) is 11.4 Å². The van der Waals surface area contributed by atoms with Gasteiger partial charge in [-0.15, -0.1) is 0 Å². The number of hydrogen-bond donors (Lipinski definition) is 1. The summed E-state index contributed by atoms with van der Waals surface area (Å²) >= 11 is 5.96. The van der Waals surface area contributed by atoms with Crippen LogP contribution in [0.4, 0.5) is 0 Å². The van der Waals surface area contributed by atoms with Gasteiger partial charge >= 0.3 is 0 Å². The highest BCUT2D eigenvalue weighted by molar-refractivity contribution is 6.30. The number of halogens is 1. The van der Waals surface area contributed by atoms with E-state index in [1.54, 1.807) is 0 Å². The molecule has 2 rings (SSSR count). The lowest BCUT2D eigenvalue weighted by Gasteiger charge is -2.09. The molecule has 0 unspecified atom stereocenters. The van der Waals surface area contributed by atoms with Crippen molar-refractivity contribution in [2.24, 2.45) is 5.73 Å². The summed E-state index contributed by atoms with van der Waals surface area (Å²) in [6.07, 6.45) is 0. The number of aromatic nitrogens is 2. The molecule has 0 amide bonds. The van der Waals surface area contributed by atoms with Crippen LogP contribution in [0.1, 0.15) is 17.0 Å². The Morgan fingerprint density at radius 2 is 2.00 bits per heavy atom. The molecule has 4 heteroatoms. The van der Waals surface area contributed by atoms with E-state index in [1.807, 2.05) is 38.1 Å². The Kier molecular flexibility index (Phi) is 3.41. The molecule has 0 atom stereocenters. The zero-order valence-corrected chi connectivity index (χ0v) is 10.6. The summed E-state index contributed by atoms with van der Waals surface area (Å²) in [5.74, 6) is 0.677. The first-order valence-electron chi connectivity index (χ1n) is 5.42. The molecule has 3 nitrogen and oxygen atoms in total. The fourth-order valence-corrected chi connectivity index (χ4v) is 1.83. The van der Waals surface area contributed by atoms with Gasteiger partial charge in [-0.25, -0.2) is 9.97 Å². The first kappa shape index (κ1) is 12.0. The smallest absolute Gasteiger partial charge is 0.159 e. The van der Waals surface area contributed by atoms with Gasteiger partial charge in [-0.2, -0.15) is 0 Å². The van der Waals surface area contributed by atoms with Gasteiger partial charge in [0.1, 0.15) is 0 Å². The van der Waals surface area contributed by atoms with E-state index in [2.05, 4.69) is 9.97 Å². The number of aryl methyl sites for hydroxylation is 1. The molecule has 0 saturated heterocycles. The number of nitrogens with two attached hydrogens (primary N) is 1. The van der Waals surface area contributed by atoms with E-state index in [9.17, 15) is 0 Å². The van der Waals surface area contributed by atoms with Crippen molar-refractivity contribution in [1.82, 2.24) is 9.97 Å². The number of hydrogen-bond acceptors (Lipinski definition) is 3. The fraction of sp³-hybridized carbons (Fsp3) is 0.231. The van der Waals surface area contributed by atoms with Crippen LogP contribution in [-0.2, 0) is 6.54 Å². The molecule has 1 aromatic carbocycles. The highest BCUT2D eigenvalue weighted by Crippen LogP contribution is 2.21. The molecule has 2 aromatic rings. The van der Waals surface area contributed by atoms with Crippen LogP contribution in [0.3, 0.4) is 0 Å². The van der Waals surface area contributed by atoms with Crippen molar-refractivity contribution in [1.29, 1.82) is 0 Å². The van der Waals surface area contributed by atoms with Crippen molar-refractivity contribution >= 4 is 11.6 Å². The van der Waals surface area contributed by atoms with Gasteiger partial charge in [0.15, 0.2) is 5.82 Å². The molecule has 0 aliphatic rings. The van der Waals surface area contributed by atoms with Crippen molar-refractivity contribution in [3.63, 3.8) is 0 Å². The average molecular weight is 248 g/mol. The minimum absolute atomic E-state index is 0.419. The normalized spacial score (nSPS) is 10.6. The van der Waals surface area contributed by atoms with Gasteiger partial charge in [-0.1, -0.05) is 23.7 Å². The SMILES string of the molecule is Cc1nc(-c2cccc(Cl)c2)nc(CN)c1C. The van der Waals surface area contributed by atoms with E-state index in [0.717, 1.165) is 22.5 Å². The van der Waals surface area contributed by atoms with Gasteiger partial charge in [-0.3, -0.25) is 0 Å². The first-order chi connectivity index (χ1) is 8.11. The monoisotopic (exact) mass is 247 g/mol. The lowest BCUT2D eigenvalue weighted by atomic mass is 10.1. The Morgan fingerprint density at radius 3 is 2.65 bits per heavy atom. The van der Waals surface area contributed by atoms with Crippen LogP contribution in [0.5, 0.6) is 0 Å². The van der Waals surface area contributed by atoms with Gasteiger partial charge in [0.05, 0.1) is 5.69 Å². The molecule has 0 spiro atoms. The Bertz CT molecular complexity index is 552. The van der Waals surface area contributed by atoms with Crippen LogP contribution < -0.4 is 5.73 Å². The number of rotatable bonds is 2. The predicted octanol–water partition coefficient (Wildman–Crippen LogP) is 2.87. The zero-order chi connectivity index (χ0) is 12.4. The molecule has 17 heavy (non-hydrogen) atoms. The van der Waals surface area contributed by atoms with Crippen molar-refractivity contribution in [2.45, 2.75) is 20.4 Å². The molecule has 1 heterocycles. The summed E-state index contributed by atoms with van der Waals surface area (Å²) in [6, 6.07) is 7.51. The van der Waals surface area contributed by atoms with Crippen LogP contribution in [-0.4, -0.2) is 9.97 Å². The predicted molar refractivity (Wildman–Crippen MR) is 69.8 cm³/mol. The van der Waals surface area contributed by atoms with Gasteiger partial charge < -0.3 is 5.73 Å². The zero-order valence-electron chi connectivity index (χ0n) is 9.87. The van der Waals surface area contributed by atoms with Crippen LogP contribution in [0.25, 0.3) is 11.4 Å². The van der Waals surface area contributed by atoms with Crippen LogP contribution in [0.15, 0.2) is 24.3 Å². The molecule has 1 aromatic heterocycles. The Morgan fingerprint density at radius 1 is 1.24 bits per heavy atom. The van der Waals surface area contributed by atoms with Crippen LogP contribution in [0, 0.1) is 13.8 Å². The summed E-state index contributed by atoms with van der Waals surface area (Å²) in [5.41, 5.74) is 9.48. The third-order valence-electron chi connectivity index (χ3n) is 2.77. The second-order valence-corrected chi connectivity index (χ2v) is 4.36. The lowest BCUT2D eigenvalue weighted by molar-refractivity contribution is 0.926. The van der Waals surface area contributed by atoms with E-state index < -0.39 is 0 Å². The van der Waals surface area contributed by atoms with E-state index >= 15 is 0 Å². The second kappa shape index (κ2) is 4.82. The summed E-state index contributed by atoms with van der Waals surface area (Å²) in [4.78, 5) is 8.94. The summed E-state index contributed by atoms with van der Waals surface area (Å²) in [6.45, 7) is 4.37. The molecule has 0 aliphatic carbocycles. The van der Waals surface area contributed by atoms with Gasteiger partial charge in [0.25, 0.3) is 0 Å². The average Bonchev–Trinajstić information content (AvgIpc) is 2.32. The Labute approximate surface area is 106 Å². The minimum Gasteiger partial charge on any atom is -0.325 e. The maximum absolute atomic E-state index is 5.96. The third kappa shape index (κ3) is 2.46. The Balaban J connectivity index is 2.56. The molecule has 0 radical (unpaired) electrons. The standard InChI is InChI=1S/C13H14ClN3/c1-8-9(2)16-13(17-12(8)7-15)10-4-3-5-11(14)6-10/h3-6H,7,15H2,1-2H3. The fourth-order valence-electron chi connectivity index (χ4n) is 1.64. The van der Waals surface area contributed by atoms with E-state index in [4.69, 9.17) is 17.3 Å². The van der Waals surface area contributed by atoms with Gasteiger partial charge in [0, 0.05) is 22.8 Å². The molecule has 0 aliphatic heterocycles. The van der Waals surface area contributed by atoms with Gasteiger partial charge in [0.2, 0.25) is 0 Å². The molecular formula is C13H14ClN3. The van der Waals surface area contributed by atoms with E-state index in [0.29, 0.717) is 17.4 Å². The highest BCUT2D eigenvalue weighted by Gasteiger charge is 2.08. The number of benzene rings is 1. The van der Waals surface area contributed by atoms with Crippen LogP contribution >= 0.6 is 11.6 Å². The summed E-state index contributed by atoms with van der Waals surface area (Å²) < 4.78 is 0. The molecule has 0 bridgehead atoms. The number of nitrogens with zero attached hydrogens (tertiary/aromatic N) is 2. The maximum atomic E-state index is 5.96. The Hall–Kier alpha value is -1.45. The van der Waals surface area contributed by atoms with E-state index in [1.165, 1.54) is 0 Å². The largest absolute Gasteiger partial charge is 0.325 e. The first-order valence-corrected chi connectivity index (χ1v) is 5.79. The second-order valence-electron chi connectivity index (χ2n) is 3.92. The molecular weight excluding hydrogens is 234 g/mol. The summed E-state index contributed by atoms with van der Waals surface area (Å²) in [7, 11) is 0. The third-order valence-corrected chi connectivity index (χ3v) is 3.00. The van der Waals surface area contributed by atoms with E-state index in [-0.39, 0.29) is 0 Å². The molecule has 88 valence electrons. The van der Waals surface area contributed by atoms with Crippen molar-refractivity contribution in [3.05, 3.63) is 46.2 Å². The maximum Gasteiger partial charge on any atom is 0.159 e. The molecule has 2 N–H and O–H groups in total. The quantitative estimate of drug-likeness (QED) is 0.888. The topological polar surface area (TPSA) is 51.8 Å². The minimum atomic E-state index is 0.419. The van der Waals surface area contributed by atoms with Crippen LogP contribution in [0.2, 0.25) is 5.02 Å². The molecule has 0 fully saturated rings. The highest BCUT2D eigenvalue weighted by atomic mass is 35.5. The van der Waals surface area contributed by atoms with Crippen molar-refractivity contribution in [2.75, 3.05) is 0 Å². The molecule has 0 saturated carbocycles. The summed E-state index contributed by atoms with van der Waals surface area (Å²) in [5, 5.41) is 0.679.